The monoisotopic (exact) mass is 1100 g/mol. The first-order valence-electron chi connectivity index (χ1n) is 23.7. The van der Waals surface area contributed by atoms with Gasteiger partial charge in [0.05, 0.1) is 74.6 Å². The molecule has 75 heavy (non-hydrogen) atoms. The number of aliphatic hydroxyl groups is 1. The van der Waals surface area contributed by atoms with E-state index in [1.807, 2.05) is 40.8 Å². The molecule has 2 unspecified atom stereocenters. The third-order valence-corrected chi connectivity index (χ3v) is 18.9. The van der Waals surface area contributed by atoms with Crippen LogP contribution in [0.15, 0.2) is 60.7 Å². The van der Waals surface area contributed by atoms with Gasteiger partial charge in [0, 0.05) is 49.2 Å². The van der Waals surface area contributed by atoms with Crippen molar-refractivity contribution in [2.24, 2.45) is 0 Å². The summed E-state index contributed by atoms with van der Waals surface area (Å²) in [6.45, 7) is 17.8. The highest BCUT2D eigenvalue weighted by atomic mass is 32.2. The predicted octanol–water partition coefficient (Wildman–Crippen LogP) is 8.43. The van der Waals surface area contributed by atoms with Crippen LogP contribution in [0, 0.1) is 11.6 Å². The highest BCUT2D eigenvalue weighted by Crippen LogP contribution is 2.39. The topological polar surface area (TPSA) is 243 Å². The smallest absolute Gasteiger partial charge is 0.308 e. The van der Waals surface area contributed by atoms with Gasteiger partial charge in [-0.05, 0) is 103 Å². The minimum Gasteiger partial charge on any atom is -0.469 e. The molecule has 0 amide bonds. The Morgan fingerprint density at radius 3 is 1.33 bits per heavy atom. The fourth-order valence-electron chi connectivity index (χ4n) is 6.70. The molecule has 2 aromatic heterocycles. The number of anilines is 2. The molecule has 4 aromatic rings. The first-order valence-corrected chi connectivity index (χ1v) is 30.3. The normalized spacial score (nSPS) is 13.1. The van der Waals surface area contributed by atoms with E-state index in [9.17, 15) is 49.9 Å². The molecule has 1 N–H and O–H groups in total. The number of aliphatic hydroxyl groups excluding tert-OH is 1. The molecule has 2 heterocycles. The molecule has 0 saturated heterocycles. The third kappa shape index (κ3) is 18.6. The van der Waals surface area contributed by atoms with E-state index in [1.165, 1.54) is 95.1 Å². The molecule has 0 spiro atoms. The third-order valence-electron chi connectivity index (χ3n) is 12.1. The van der Waals surface area contributed by atoms with Gasteiger partial charge in [0.2, 0.25) is 31.9 Å². The van der Waals surface area contributed by atoms with E-state index in [0.29, 0.717) is 45.0 Å². The van der Waals surface area contributed by atoms with Crippen LogP contribution in [0.3, 0.4) is 0 Å². The average Bonchev–Trinajstić information content (AvgIpc) is 3.31. The van der Waals surface area contributed by atoms with Crippen LogP contribution in [0.2, 0.25) is 18.1 Å². The van der Waals surface area contributed by atoms with Crippen molar-refractivity contribution in [1.82, 2.24) is 19.9 Å². The molecule has 2 aromatic carbocycles. The molecule has 0 radical (unpaired) electrons. The number of esters is 2. The molecular weight excluding hydrogens is 1030 g/mol. The number of benzene rings is 2. The number of sulfonamides is 2. The Morgan fingerprint density at radius 2 is 1.00 bits per heavy atom. The van der Waals surface area contributed by atoms with Crippen LogP contribution in [-0.2, 0) is 53.1 Å². The summed E-state index contributed by atoms with van der Waals surface area (Å²) in [5.41, 5.74) is 3.60. The first-order chi connectivity index (χ1) is 34.6. The van der Waals surface area contributed by atoms with Crippen LogP contribution in [0.5, 0.6) is 0 Å². The molecule has 2 atom stereocenters. The highest BCUT2D eigenvalue weighted by Gasteiger charge is 2.40. The molecule has 23 heteroatoms. The highest BCUT2D eigenvalue weighted by molar-refractivity contribution is 7.92. The van der Waals surface area contributed by atoms with Crippen LogP contribution in [-0.4, -0.2) is 127 Å². The SMILES string of the molecule is COC(=O)CC(CC(=O)/C=C/c1c(-c2ccc(F)cc2)nc(N(C)S(C)(=O)=O)nc1C(C)C)O[Si](C)(C)C(C)(C)C.COC(=O)CC(O)CC(=O)/C=C/c1c(-c2ccc(F)cc2)nc(N(C)S(C)(=O)=O)nc1C(C)C. The van der Waals surface area contributed by atoms with Crippen molar-refractivity contribution in [1.29, 1.82) is 0 Å². The summed E-state index contributed by atoms with van der Waals surface area (Å²) in [5.74, 6) is -3.20. The number of methoxy groups -OCH3 is 2. The van der Waals surface area contributed by atoms with Gasteiger partial charge in [-0.3, -0.25) is 19.2 Å². The number of halogens is 2. The zero-order chi connectivity index (χ0) is 57.0. The van der Waals surface area contributed by atoms with Crippen molar-refractivity contribution < 1.29 is 63.8 Å². The van der Waals surface area contributed by atoms with Gasteiger partial charge in [-0.2, -0.15) is 0 Å². The van der Waals surface area contributed by atoms with Crippen LogP contribution >= 0.6 is 0 Å². The Kier molecular flexibility index (Phi) is 22.4. The van der Waals surface area contributed by atoms with Gasteiger partial charge in [0.1, 0.15) is 11.6 Å². The maximum absolute atomic E-state index is 13.7. The van der Waals surface area contributed by atoms with Crippen molar-refractivity contribution in [3.63, 3.8) is 0 Å². The van der Waals surface area contributed by atoms with Gasteiger partial charge in [-0.25, -0.2) is 54.2 Å². The molecule has 0 aliphatic heterocycles. The van der Waals surface area contributed by atoms with E-state index in [0.717, 1.165) is 21.1 Å². The summed E-state index contributed by atoms with van der Waals surface area (Å²) in [5, 5.41) is 9.79. The summed E-state index contributed by atoms with van der Waals surface area (Å²) in [6.07, 6.45) is 5.17. The largest absolute Gasteiger partial charge is 0.469 e. The van der Waals surface area contributed by atoms with Gasteiger partial charge >= 0.3 is 11.9 Å². The molecule has 18 nitrogen and oxygen atoms in total. The zero-order valence-corrected chi connectivity index (χ0v) is 47.9. The van der Waals surface area contributed by atoms with Crippen LogP contribution in [0.4, 0.5) is 20.7 Å². The zero-order valence-electron chi connectivity index (χ0n) is 45.3. The van der Waals surface area contributed by atoms with Gasteiger partial charge in [-0.1, -0.05) is 48.5 Å². The molecule has 0 bridgehead atoms. The van der Waals surface area contributed by atoms with E-state index in [-0.39, 0.29) is 60.2 Å². The number of carbonyl (C=O) groups excluding carboxylic acids is 4. The first kappa shape index (κ1) is 63.1. The van der Waals surface area contributed by atoms with E-state index in [2.05, 4.69) is 45.4 Å². The Morgan fingerprint density at radius 1 is 0.640 bits per heavy atom. The maximum atomic E-state index is 13.7. The molecule has 0 saturated carbocycles. The average molecular weight is 1100 g/mol. The number of hydrogen-bond donors (Lipinski definition) is 1. The Bertz CT molecular complexity index is 2970. The molecule has 0 aliphatic carbocycles. The molecule has 0 fully saturated rings. The lowest BCUT2D eigenvalue weighted by molar-refractivity contribution is -0.144. The molecule has 410 valence electrons. The quantitative estimate of drug-likeness (QED) is 0.0441. The summed E-state index contributed by atoms with van der Waals surface area (Å²) in [7, 11) is -4.47. The Labute approximate surface area is 440 Å². The minimum absolute atomic E-state index is 0.0417. The number of aromatic nitrogens is 4. The Hall–Kier alpha value is -6.14. The second kappa shape index (κ2) is 26.6. The fourth-order valence-corrected chi connectivity index (χ4v) is 8.81. The number of ether oxygens (including phenoxy) is 2. The second-order valence-corrected chi connectivity index (χ2v) is 28.6. The van der Waals surface area contributed by atoms with Crippen molar-refractivity contribution in [2.75, 3.05) is 49.4 Å². The summed E-state index contributed by atoms with van der Waals surface area (Å²) in [6, 6.07) is 11.1. The van der Waals surface area contributed by atoms with E-state index >= 15 is 0 Å². The Balaban J connectivity index is 0.000000402. The van der Waals surface area contributed by atoms with Crippen molar-refractivity contribution >= 4 is 75.9 Å². The van der Waals surface area contributed by atoms with Gasteiger partial charge in [-0.15, -0.1) is 0 Å². The van der Waals surface area contributed by atoms with Crippen molar-refractivity contribution in [2.45, 2.75) is 116 Å². The summed E-state index contributed by atoms with van der Waals surface area (Å²) >= 11 is 0. The second-order valence-electron chi connectivity index (χ2n) is 19.8. The number of carbonyl (C=O) groups is 4. The lowest BCUT2D eigenvalue weighted by atomic mass is 9.97. The van der Waals surface area contributed by atoms with Crippen LogP contribution in [0.25, 0.3) is 34.7 Å². The minimum atomic E-state index is -3.67. The van der Waals surface area contributed by atoms with E-state index in [1.54, 1.807) is 6.08 Å². The number of hydrogen-bond acceptors (Lipinski definition) is 16. The molecule has 0 aliphatic rings. The van der Waals surface area contributed by atoms with Crippen molar-refractivity contribution in [3.05, 3.63) is 94.8 Å². The van der Waals surface area contributed by atoms with E-state index < -0.39 is 69.9 Å². The van der Waals surface area contributed by atoms with E-state index in [4.69, 9.17) is 9.16 Å². The van der Waals surface area contributed by atoms with Gasteiger partial charge in [0.15, 0.2) is 19.9 Å². The predicted molar refractivity (Wildman–Crippen MR) is 288 cm³/mol. The van der Waals surface area contributed by atoms with Crippen LogP contribution in [0.1, 0.15) is 109 Å². The van der Waals surface area contributed by atoms with Crippen LogP contribution < -0.4 is 8.61 Å². The molecule has 4 rings (SSSR count). The summed E-state index contributed by atoms with van der Waals surface area (Å²) in [4.78, 5) is 66.9. The number of allylic oxidation sites excluding steroid dienone is 2. The van der Waals surface area contributed by atoms with Gasteiger partial charge in [0.25, 0.3) is 0 Å². The lowest BCUT2D eigenvalue weighted by Gasteiger charge is -2.39. The van der Waals surface area contributed by atoms with Crippen molar-refractivity contribution in [3.8, 4) is 22.5 Å². The molecular formula is C52H70F2N6O12S2Si. The summed E-state index contributed by atoms with van der Waals surface area (Å²) < 4.78 is 93.6. The standard InChI is InChI=1S/C29H42FN3O6SSi.C23H28FN3O6S/c1-19(2)26-24(16-15-22(34)17-23(18-25(35)38-7)39-41(9,10)29(3,4)5)27(20-11-13-21(30)14-12-20)32-28(31-26)33(6)40(8,36)37;1-14(2)21-19(11-10-17(28)12-18(29)13-20(30)33-4)22(15-6-8-16(24)9-7-15)26-23(25-21)27(3)34(5,31)32/h11-16,19,23H,17-18H2,1-10H3;6-11,14,18,29H,12-13H2,1-5H3/b16-15+;11-10+. The lowest BCUT2D eigenvalue weighted by Crippen LogP contribution is -2.44. The number of rotatable bonds is 22. The number of nitrogens with zero attached hydrogens (tertiary/aromatic N) is 6. The fraction of sp³-hybridized carbons (Fsp3) is 0.462. The van der Waals surface area contributed by atoms with Gasteiger partial charge < -0.3 is 19.0 Å². The number of ketones is 2. The maximum Gasteiger partial charge on any atom is 0.308 e.